The molecule has 0 spiro atoms. The summed E-state index contributed by atoms with van der Waals surface area (Å²) in [5, 5.41) is 0. The Kier molecular flexibility index (Phi) is 6.92. The van der Waals surface area contributed by atoms with Crippen LogP contribution in [-0.4, -0.2) is 6.04 Å². The van der Waals surface area contributed by atoms with Crippen molar-refractivity contribution < 1.29 is 0 Å². The smallest absolute Gasteiger partial charge is 0.0275 e. The Balaban J connectivity index is 4.06. The summed E-state index contributed by atoms with van der Waals surface area (Å²) < 4.78 is 0. The fourth-order valence-electron chi connectivity index (χ4n) is 1.67. The van der Waals surface area contributed by atoms with Crippen LogP contribution >= 0.6 is 0 Å². The Morgan fingerprint density at radius 2 is 1.85 bits per heavy atom. The van der Waals surface area contributed by atoms with Crippen LogP contribution in [0.5, 0.6) is 0 Å². The highest BCUT2D eigenvalue weighted by Gasteiger charge is 2.16. The van der Waals surface area contributed by atoms with E-state index in [-0.39, 0.29) is 0 Å². The van der Waals surface area contributed by atoms with Crippen LogP contribution in [0.15, 0.2) is 12.2 Å². The maximum Gasteiger partial charge on any atom is 0.0275 e. The molecular formula is C11H24N2. The molecule has 0 aliphatic heterocycles. The van der Waals surface area contributed by atoms with E-state index in [0.29, 0.717) is 12.0 Å². The largest absolute Gasteiger partial charge is 0.271 e. The first-order chi connectivity index (χ1) is 6.19. The molecule has 78 valence electrons. The summed E-state index contributed by atoms with van der Waals surface area (Å²) in [4.78, 5) is 0. The van der Waals surface area contributed by atoms with Gasteiger partial charge in [-0.1, -0.05) is 45.8 Å². The van der Waals surface area contributed by atoms with E-state index in [0.717, 1.165) is 12.8 Å². The maximum atomic E-state index is 5.54. The number of rotatable bonds is 7. The molecule has 1 unspecified atom stereocenters. The number of hydrogen-bond acceptors (Lipinski definition) is 2. The maximum absolute atomic E-state index is 5.54. The number of nitrogens with one attached hydrogen (secondary N) is 1. The summed E-state index contributed by atoms with van der Waals surface area (Å²) in [5.74, 6) is 6.21. The van der Waals surface area contributed by atoms with Gasteiger partial charge in [0.2, 0.25) is 0 Å². The van der Waals surface area contributed by atoms with Crippen molar-refractivity contribution in [3.8, 4) is 0 Å². The normalized spacial score (nSPS) is 13.3. The molecule has 0 aliphatic rings. The lowest BCUT2D eigenvalue weighted by molar-refractivity contribution is 0.334. The molecule has 0 radical (unpaired) electrons. The average Bonchev–Trinajstić information content (AvgIpc) is 2.17. The number of hydrazine groups is 1. The molecule has 1 atom stereocenters. The minimum absolute atomic E-state index is 0.405. The van der Waals surface area contributed by atoms with Crippen molar-refractivity contribution in [1.82, 2.24) is 5.43 Å². The lowest BCUT2D eigenvalue weighted by atomic mass is 9.89. The molecule has 0 amide bonds. The lowest BCUT2D eigenvalue weighted by Crippen LogP contribution is -2.40. The summed E-state index contributed by atoms with van der Waals surface area (Å²) in [7, 11) is 0. The number of nitrogens with two attached hydrogens (primary N) is 1. The molecule has 2 nitrogen and oxygen atoms in total. The molecule has 0 aliphatic carbocycles. The van der Waals surface area contributed by atoms with Gasteiger partial charge in [-0.25, -0.2) is 0 Å². The van der Waals surface area contributed by atoms with Gasteiger partial charge in [0.05, 0.1) is 0 Å². The second kappa shape index (κ2) is 7.10. The molecule has 3 N–H and O–H groups in total. The van der Waals surface area contributed by atoms with Gasteiger partial charge in [0.15, 0.2) is 0 Å². The van der Waals surface area contributed by atoms with Gasteiger partial charge in [0, 0.05) is 6.04 Å². The van der Waals surface area contributed by atoms with E-state index in [4.69, 9.17) is 5.84 Å². The van der Waals surface area contributed by atoms with E-state index in [2.05, 4.69) is 32.8 Å². The van der Waals surface area contributed by atoms with Gasteiger partial charge in [-0.2, -0.15) is 0 Å². The van der Waals surface area contributed by atoms with Gasteiger partial charge in [-0.3, -0.25) is 11.3 Å². The van der Waals surface area contributed by atoms with E-state index in [1.807, 2.05) is 0 Å². The molecule has 0 bridgehead atoms. The summed E-state index contributed by atoms with van der Waals surface area (Å²) in [6, 6.07) is 0.405. The summed E-state index contributed by atoms with van der Waals surface area (Å²) in [5.41, 5.74) is 4.20. The minimum Gasteiger partial charge on any atom is -0.271 e. The van der Waals surface area contributed by atoms with Crippen LogP contribution in [0.2, 0.25) is 0 Å². The molecule has 13 heavy (non-hydrogen) atoms. The minimum atomic E-state index is 0.405. The van der Waals surface area contributed by atoms with Gasteiger partial charge in [0.1, 0.15) is 0 Å². The second-order valence-corrected chi connectivity index (χ2v) is 3.66. The average molecular weight is 184 g/mol. The van der Waals surface area contributed by atoms with Crippen molar-refractivity contribution in [3.05, 3.63) is 12.2 Å². The Morgan fingerprint density at radius 1 is 1.31 bits per heavy atom. The first-order valence-corrected chi connectivity index (χ1v) is 5.32. The molecule has 0 heterocycles. The van der Waals surface area contributed by atoms with Crippen molar-refractivity contribution in [2.45, 2.75) is 52.5 Å². The third-order valence-corrected chi connectivity index (χ3v) is 2.84. The summed E-state index contributed by atoms with van der Waals surface area (Å²) in [6.45, 7) is 10.6. The Labute approximate surface area is 82.6 Å². The van der Waals surface area contributed by atoms with Crippen molar-refractivity contribution >= 4 is 0 Å². The zero-order valence-corrected chi connectivity index (χ0v) is 9.27. The van der Waals surface area contributed by atoms with Gasteiger partial charge >= 0.3 is 0 Å². The van der Waals surface area contributed by atoms with E-state index in [1.54, 1.807) is 0 Å². The van der Waals surface area contributed by atoms with Gasteiger partial charge in [-0.05, 0) is 18.8 Å². The molecule has 2 heteroatoms. The fraction of sp³-hybridized carbons (Fsp3) is 0.818. The molecule has 0 rings (SSSR count). The van der Waals surface area contributed by atoms with Gasteiger partial charge in [-0.15, -0.1) is 0 Å². The van der Waals surface area contributed by atoms with Crippen LogP contribution in [0.4, 0.5) is 0 Å². The monoisotopic (exact) mass is 184 g/mol. The quantitative estimate of drug-likeness (QED) is 0.362. The SMILES string of the molecule is C=C(CC)CC(NN)C(CC)CC. The predicted molar refractivity (Wildman–Crippen MR) is 59.2 cm³/mol. The van der Waals surface area contributed by atoms with E-state index in [9.17, 15) is 0 Å². The lowest BCUT2D eigenvalue weighted by Gasteiger charge is -2.25. The third kappa shape index (κ3) is 4.44. The fourth-order valence-corrected chi connectivity index (χ4v) is 1.67. The van der Waals surface area contributed by atoms with Crippen LogP contribution in [0.1, 0.15) is 46.5 Å². The Hall–Kier alpha value is -0.340. The first kappa shape index (κ1) is 12.7. The van der Waals surface area contributed by atoms with Crippen LogP contribution < -0.4 is 11.3 Å². The van der Waals surface area contributed by atoms with Gasteiger partial charge < -0.3 is 0 Å². The molecule has 0 fully saturated rings. The van der Waals surface area contributed by atoms with Gasteiger partial charge in [0.25, 0.3) is 0 Å². The van der Waals surface area contributed by atoms with E-state index < -0.39 is 0 Å². The van der Waals surface area contributed by atoms with Crippen LogP contribution in [0, 0.1) is 5.92 Å². The highest BCUT2D eigenvalue weighted by molar-refractivity contribution is 4.97. The van der Waals surface area contributed by atoms with Crippen LogP contribution in [0.3, 0.4) is 0 Å². The van der Waals surface area contributed by atoms with Crippen molar-refractivity contribution in [3.63, 3.8) is 0 Å². The van der Waals surface area contributed by atoms with Crippen LogP contribution in [0.25, 0.3) is 0 Å². The van der Waals surface area contributed by atoms with Crippen molar-refractivity contribution in [2.75, 3.05) is 0 Å². The van der Waals surface area contributed by atoms with Crippen molar-refractivity contribution in [1.29, 1.82) is 0 Å². The Morgan fingerprint density at radius 3 is 2.15 bits per heavy atom. The molecule has 0 saturated heterocycles. The Bertz CT molecular complexity index is 139. The van der Waals surface area contributed by atoms with Crippen molar-refractivity contribution in [2.24, 2.45) is 11.8 Å². The van der Waals surface area contributed by atoms with Crippen LogP contribution in [-0.2, 0) is 0 Å². The topological polar surface area (TPSA) is 38.0 Å². The highest BCUT2D eigenvalue weighted by atomic mass is 15.2. The second-order valence-electron chi connectivity index (χ2n) is 3.66. The molecule has 0 aromatic rings. The third-order valence-electron chi connectivity index (χ3n) is 2.84. The summed E-state index contributed by atoms with van der Waals surface area (Å²) >= 11 is 0. The zero-order chi connectivity index (χ0) is 10.3. The standard InChI is InChI=1S/C11H24N2/c1-5-9(4)8-11(13-12)10(6-2)7-3/h10-11,13H,4-8,12H2,1-3H3. The van der Waals surface area contributed by atoms with E-state index >= 15 is 0 Å². The molecule has 0 saturated carbocycles. The zero-order valence-electron chi connectivity index (χ0n) is 9.27. The van der Waals surface area contributed by atoms with E-state index in [1.165, 1.54) is 18.4 Å². The summed E-state index contributed by atoms with van der Waals surface area (Å²) in [6.07, 6.45) is 4.43. The first-order valence-electron chi connectivity index (χ1n) is 5.32. The molecule has 0 aromatic carbocycles. The highest BCUT2D eigenvalue weighted by Crippen LogP contribution is 2.19. The number of hydrogen-bond donors (Lipinski definition) is 2. The molecular weight excluding hydrogens is 160 g/mol. The molecule has 0 aromatic heterocycles. The predicted octanol–water partition coefficient (Wildman–Crippen LogP) is 2.61.